The molecule has 0 spiro atoms. The normalized spacial score (nSPS) is 24.1. The molecule has 0 radical (unpaired) electrons. The second kappa shape index (κ2) is 6.19. The van der Waals surface area contributed by atoms with E-state index in [0.717, 1.165) is 31.1 Å². The lowest BCUT2D eigenvalue weighted by atomic mass is 9.90. The molecule has 23 heavy (non-hydrogen) atoms. The summed E-state index contributed by atoms with van der Waals surface area (Å²) in [5.74, 6) is 1.74. The molecule has 2 unspecified atom stereocenters. The van der Waals surface area contributed by atoms with Crippen molar-refractivity contribution in [2.45, 2.75) is 18.5 Å². The predicted molar refractivity (Wildman–Crippen MR) is 91.7 cm³/mol. The summed E-state index contributed by atoms with van der Waals surface area (Å²) in [7, 11) is 2.20. The summed E-state index contributed by atoms with van der Waals surface area (Å²) in [6, 6.07) is 19.2. The number of hydrogen-bond acceptors (Lipinski definition) is 3. The lowest BCUT2D eigenvalue weighted by Crippen LogP contribution is -2.51. The summed E-state index contributed by atoms with van der Waals surface area (Å²) < 4.78 is 11.5. The van der Waals surface area contributed by atoms with Crippen LogP contribution in [-0.4, -0.2) is 37.2 Å². The van der Waals surface area contributed by atoms with Crippen molar-refractivity contribution in [3.05, 3.63) is 66.2 Å². The number of likely N-dealkylation sites (N-methyl/N-ethyl adjacent to an activating group) is 1. The molecule has 1 fully saturated rings. The SMILES string of the molecule is CN1C2C=C(c3ccc(Oc4ccccc4)cc3)CC1COC2. The van der Waals surface area contributed by atoms with Gasteiger partial charge in [0.2, 0.25) is 0 Å². The molecule has 2 aliphatic heterocycles. The van der Waals surface area contributed by atoms with Gasteiger partial charge in [-0.25, -0.2) is 0 Å². The highest BCUT2D eigenvalue weighted by atomic mass is 16.5. The minimum atomic E-state index is 0.401. The molecule has 2 aromatic carbocycles. The lowest BCUT2D eigenvalue weighted by molar-refractivity contribution is -0.0221. The number of benzene rings is 2. The Kier molecular flexibility index (Phi) is 3.90. The van der Waals surface area contributed by atoms with Crippen molar-refractivity contribution in [1.29, 1.82) is 0 Å². The Hall–Kier alpha value is -2.10. The largest absolute Gasteiger partial charge is 0.457 e. The van der Waals surface area contributed by atoms with Crippen molar-refractivity contribution in [3.8, 4) is 11.5 Å². The fraction of sp³-hybridized carbons (Fsp3) is 0.300. The van der Waals surface area contributed by atoms with Crippen LogP contribution in [0.2, 0.25) is 0 Å². The van der Waals surface area contributed by atoms with Gasteiger partial charge < -0.3 is 9.47 Å². The second-order valence-electron chi connectivity index (χ2n) is 6.26. The van der Waals surface area contributed by atoms with Crippen LogP contribution in [0, 0.1) is 0 Å². The van der Waals surface area contributed by atoms with Gasteiger partial charge >= 0.3 is 0 Å². The van der Waals surface area contributed by atoms with Crippen molar-refractivity contribution < 1.29 is 9.47 Å². The van der Waals surface area contributed by atoms with Gasteiger partial charge in [0.15, 0.2) is 0 Å². The molecule has 0 aromatic heterocycles. The van der Waals surface area contributed by atoms with Crippen molar-refractivity contribution in [2.75, 3.05) is 20.3 Å². The Morgan fingerprint density at radius 2 is 1.70 bits per heavy atom. The second-order valence-corrected chi connectivity index (χ2v) is 6.26. The predicted octanol–water partition coefficient (Wildman–Crippen LogP) is 3.97. The first-order valence-electron chi connectivity index (χ1n) is 8.13. The molecule has 1 saturated heterocycles. The van der Waals surface area contributed by atoms with Gasteiger partial charge in [-0.1, -0.05) is 36.4 Å². The van der Waals surface area contributed by atoms with E-state index >= 15 is 0 Å². The number of ether oxygens (including phenoxy) is 2. The summed E-state index contributed by atoms with van der Waals surface area (Å²) in [4.78, 5) is 2.43. The molecule has 2 heterocycles. The van der Waals surface area contributed by atoms with Gasteiger partial charge in [0.05, 0.1) is 19.3 Å². The van der Waals surface area contributed by atoms with Crippen LogP contribution in [0.5, 0.6) is 11.5 Å². The number of rotatable bonds is 3. The smallest absolute Gasteiger partial charge is 0.127 e. The highest BCUT2D eigenvalue weighted by Gasteiger charge is 2.32. The number of fused-ring (bicyclic) bond motifs is 2. The van der Waals surface area contributed by atoms with Crippen LogP contribution in [-0.2, 0) is 4.74 Å². The minimum Gasteiger partial charge on any atom is -0.457 e. The average molecular weight is 307 g/mol. The highest BCUT2D eigenvalue weighted by Crippen LogP contribution is 2.32. The third-order valence-corrected chi connectivity index (χ3v) is 4.75. The van der Waals surface area contributed by atoms with Gasteiger partial charge in [-0.3, -0.25) is 4.90 Å². The summed E-state index contributed by atoms with van der Waals surface area (Å²) in [5.41, 5.74) is 2.71. The average Bonchev–Trinajstić information content (AvgIpc) is 2.56. The zero-order valence-corrected chi connectivity index (χ0v) is 13.3. The summed E-state index contributed by atoms with van der Waals surface area (Å²) in [6.07, 6.45) is 3.40. The topological polar surface area (TPSA) is 21.7 Å². The van der Waals surface area contributed by atoms with E-state index in [1.54, 1.807) is 0 Å². The number of hydrogen-bond donors (Lipinski definition) is 0. The van der Waals surface area contributed by atoms with Gasteiger partial charge in [-0.15, -0.1) is 0 Å². The number of para-hydroxylation sites is 1. The van der Waals surface area contributed by atoms with Crippen LogP contribution < -0.4 is 4.74 Å². The third-order valence-electron chi connectivity index (χ3n) is 4.75. The van der Waals surface area contributed by atoms with Crippen molar-refractivity contribution in [2.24, 2.45) is 0 Å². The molecule has 2 aromatic rings. The molecule has 0 aliphatic carbocycles. The first kappa shape index (κ1) is 14.5. The zero-order chi connectivity index (χ0) is 15.6. The van der Waals surface area contributed by atoms with Gasteiger partial charge in [-0.05, 0) is 48.9 Å². The molecular weight excluding hydrogens is 286 g/mol. The quantitative estimate of drug-likeness (QED) is 0.856. The lowest BCUT2D eigenvalue weighted by Gasteiger charge is -2.42. The van der Waals surface area contributed by atoms with Crippen molar-refractivity contribution >= 4 is 5.57 Å². The molecule has 118 valence electrons. The summed E-state index contributed by atoms with van der Waals surface area (Å²) >= 11 is 0. The van der Waals surface area contributed by atoms with Crippen LogP contribution in [0.25, 0.3) is 5.57 Å². The van der Waals surface area contributed by atoms with Gasteiger partial charge in [-0.2, -0.15) is 0 Å². The Labute approximate surface area is 137 Å². The van der Waals surface area contributed by atoms with Crippen LogP contribution in [0.3, 0.4) is 0 Å². The van der Waals surface area contributed by atoms with Crippen molar-refractivity contribution in [3.63, 3.8) is 0 Å². The maximum Gasteiger partial charge on any atom is 0.127 e. The van der Waals surface area contributed by atoms with Crippen LogP contribution >= 0.6 is 0 Å². The van der Waals surface area contributed by atoms with Gasteiger partial charge in [0.25, 0.3) is 0 Å². The minimum absolute atomic E-state index is 0.401. The van der Waals surface area contributed by atoms with E-state index in [4.69, 9.17) is 9.47 Å². The first-order chi connectivity index (χ1) is 11.3. The zero-order valence-electron chi connectivity index (χ0n) is 13.3. The van der Waals surface area contributed by atoms with Crippen LogP contribution in [0.4, 0.5) is 0 Å². The van der Waals surface area contributed by atoms with E-state index in [2.05, 4.69) is 30.2 Å². The molecule has 2 atom stereocenters. The molecule has 2 aliphatic rings. The first-order valence-corrected chi connectivity index (χ1v) is 8.13. The van der Waals surface area contributed by atoms with Crippen LogP contribution in [0.1, 0.15) is 12.0 Å². The molecule has 0 saturated carbocycles. The Morgan fingerprint density at radius 3 is 2.43 bits per heavy atom. The molecule has 4 rings (SSSR count). The molecule has 3 heteroatoms. The maximum atomic E-state index is 5.86. The molecule has 0 amide bonds. The van der Waals surface area contributed by atoms with E-state index in [9.17, 15) is 0 Å². The van der Waals surface area contributed by atoms with E-state index in [1.807, 2.05) is 42.5 Å². The molecular formula is C20H21NO2. The van der Waals surface area contributed by atoms with Gasteiger partial charge in [0, 0.05) is 6.04 Å². The standard InChI is InChI=1S/C20H21NO2/c1-21-17-11-16(12-18(21)14-22-13-17)15-7-9-20(10-8-15)23-19-5-3-2-4-6-19/h2-11,17-18H,12-14H2,1H3. The van der Waals surface area contributed by atoms with E-state index < -0.39 is 0 Å². The Bertz CT molecular complexity index is 693. The highest BCUT2D eigenvalue weighted by molar-refractivity contribution is 5.68. The fourth-order valence-corrected chi connectivity index (χ4v) is 3.33. The third kappa shape index (κ3) is 3.03. The molecule has 2 bridgehead atoms. The molecule has 3 nitrogen and oxygen atoms in total. The number of morpholine rings is 1. The van der Waals surface area contributed by atoms with Crippen molar-refractivity contribution in [1.82, 2.24) is 4.90 Å². The van der Waals surface area contributed by atoms with Crippen LogP contribution in [0.15, 0.2) is 60.7 Å². The van der Waals surface area contributed by atoms with E-state index in [-0.39, 0.29) is 0 Å². The Morgan fingerprint density at radius 1 is 0.957 bits per heavy atom. The maximum absolute atomic E-state index is 5.86. The van der Waals surface area contributed by atoms with E-state index in [0.29, 0.717) is 12.1 Å². The monoisotopic (exact) mass is 307 g/mol. The molecule has 0 N–H and O–H groups in total. The summed E-state index contributed by atoms with van der Waals surface area (Å²) in [5, 5.41) is 0. The fourth-order valence-electron chi connectivity index (χ4n) is 3.33. The Balaban J connectivity index is 1.52. The number of nitrogens with zero attached hydrogens (tertiary/aromatic N) is 1. The summed E-state index contributed by atoms with van der Waals surface area (Å²) in [6.45, 7) is 1.63. The van der Waals surface area contributed by atoms with Gasteiger partial charge in [0.1, 0.15) is 11.5 Å². The van der Waals surface area contributed by atoms with E-state index in [1.165, 1.54) is 11.1 Å².